The van der Waals surface area contributed by atoms with Gasteiger partial charge in [-0.15, -0.1) is 0 Å². The fraction of sp³-hybridized carbons (Fsp3) is 0.568. The zero-order valence-electron chi connectivity index (χ0n) is 31.2. The molecule has 7 atom stereocenters. The minimum Gasteiger partial charge on any atom is -0.493 e. The van der Waals surface area contributed by atoms with Gasteiger partial charge in [-0.25, -0.2) is 4.79 Å². The van der Waals surface area contributed by atoms with Gasteiger partial charge < -0.3 is 43.2 Å². The number of nitrogens with one attached hydrogen (secondary N) is 1. The minimum absolute atomic E-state index is 0.0471. The summed E-state index contributed by atoms with van der Waals surface area (Å²) in [5, 5.41) is 3.06. The molecule has 3 aliphatic rings. The Bertz CT molecular complexity index is 1600. The third-order valence-corrected chi connectivity index (χ3v) is 9.13. The van der Waals surface area contributed by atoms with Crippen LogP contribution in [-0.4, -0.2) is 136 Å². The Labute approximate surface area is 308 Å². The van der Waals surface area contributed by atoms with Crippen LogP contribution in [0.1, 0.15) is 31.9 Å². The molecule has 0 spiro atoms. The SMILES string of the molecule is COC(=O)[C@H]1O[C@@H]2O[C@](C)(O[C@@H](COc3ccccc3OC)CN3CCN(CC(=O)Nc4c(C)cccc4C)CC3)O[C@@H]2[C@@H](OC(C)=O)[C@@H]1OC(C)=O. The average Bonchev–Trinajstić information content (AvgIpc) is 3.45. The fourth-order valence-electron chi connectivity index (χ4n) is 6.68. The van der Waals surface area contributed by atoms with Crippen molar-refractivity contribution in [1.29, 1.82) is 0 Å². The molecule has 53 heavy (non-hydrogen) atoms. The van der Waals surface area contributed by atoms with Gasteiger partial charge >= 0.3 is 17.9 Å². The lowest BCUT2D eigenvalue weighted by Crippen LogP contribution is -2.61. The minimum atomic E-state index is -1.79. The highest BCUT2D eigenvalue weighted by atomic mass is 16.9. The number of benzene rings is 2. The summed E-state index contributed by atoms with van der Waals surface area (Å²) >= 11 is 0. The quantitative estimate of drug-likeness (QED) is 0.221. The molecule has 0 saturated carbocycles. The van der Waals surface area contributed by atoms with Crippen LogP contribution >= 0.6 is 0 Å². The molecule has 0 unspecified atom stereocenters. The van der Waals surface area contributed by atoms with Gasteiger partial charge in [0.15, 0.2) is 42.2 Å². The number of anilines is 1. The molecule has 16 heteroatoms. The third kappa shape index (κ3) is 10.2. The number of fused-ring (bicyclic) bond motifs is 1. The number of hydrogen-bond donors (Lipinski definition) is 1. The Kier molecular flexibility index (Phi) is 13.3. The van der Waals surface area contributed by atoms with E-state index in [9.17, 15) is 19.2 Å². The number of hydrogen-bond acceptors (Lipinski definition) is 15. The second-order valence-corrected chi connectivity index (χ2v) is 13.3. The molecule has 3 heterocycles. The van der Waals surface area contributed by atoms with Crippen LogP contribution in [0.2, 0.25) is 0 Å². The number of amides is 1. The number of carbonyl (C=O) groups is 4. The molecule has 0 radical (unpaired) electrons. The fourth-order valence-corrected chi connectivity index (χ4v) is 6.68. The number of piperazine rings is 1. The van der Waals surface area contributed by atoms with Gasteiger partial charge in [0.05, 0.1) is 20.8 Å². The van der Waals surface area contributed by atoms with Crippen molar-refractivity contribution in [3.05, 3.63) is 53.6 Å². The third-order valence-electron chi connectivity index (χ3n) is 9.13. The summed E-state index contributed by atoms with van der Waals surface area (Å²) in [7, 11) is 2.70. The number of para-hydroxylation sites is 3. The molecule has 16 nitrogen and oxygen atoms in total. The van der Waals surface area contributed by atoms with Crippen molar-refractivity contribution < 1.29 is 61.8 Å². The molecular weight excluding hydrogens is 694 g/mol. The lowest BCUT2D eigenvalue weighted by molar-refractivity contribution is -0.360. The molecule has 2 aromatic rings. The zero-order chi connectivity index (χ0) is 38.3. The van der Waals surface area contributed by atoms with Gasteiger partial charge in [0, 0.05) is 59.2 Å². The predicted octanol–water partition coefficient (Wildman–Crippen LogP) is 2.18. The van der Waals surface area contributed by atoms with E-state index in [2.05, 4.69) is 15.1 Å². The predicted molar refractivity (Wildman–Crippen MR) is 187 cm³/mol. The van der Waals surface area contributed by atoms with E-state index in [4.69, 9.17) is 42.6 Å². The van der Waals surface area contributed by atoms with Crippen molar-refractivity contribution in [1.82, 2.24) is 9.80 Å². The van der Waals surface area contributed by atoms with Crippen LogP contribution in [0.5, 0.6) is 11.5 Å². The number of rotatable bonds is 14. The Hall–Kier alpha value is -4.32. The van der Waals surface area contributed by atoms with Crippen LogP contribution < -0.4 is 14.8 Å². The Morgan fingerprint density at radius 1 is 0.868 bits per heavy atom. The number of carbonyl (C=O) groups excluding carboxylic acids is 4. The lowest BCUT2D eigenvalue weighted by Gasteiger charge is -2.39. The van der Waals surface area contributed by atoms with Crippen molar-refractivity contribution in [3.8, 4) is 11.5 Å². The standard InChI is InChI=1S/C37H49N3O13/c1-22-11-10-12-23(2)30(22)38-29(43)20-40-17-15-39(16-18-40)19-26(21-47-28-14-9-8-13-27(28)45-6)51-37(5)52-34-32(49-25(4)42)31(48-24(3)41)33(35(44)46-7)50-36(34)53-37/h8-14,26,31-34,36H,15-21H2,1-7H3,(H,38,43)/t26-,31+,32+,33+,34-,36-,37-/m1/s1. The zero-order valence-corrected chi connectivity index (χ0v) is 31.2. The molecule has 3 saturated heterocycles. The summed E-state index contributed by atoms with van der Waals surface area (Å²) in [6.07, 6.45) is -7.26. The van der Waals surface area contributed by atoms with E-state index >= 15 is 0 Å². The molecule has 5 rings (SSSR count). The van der Waals surface area contributed by atoms with E-state index in [0.717, 1.165) is 30.8 Å². The van der Waals surface area contributed by atoms with Crippen LogP contribution in [0.3, 0.4) is 0 Å². The highest BCUT2D eigenvalue weighted by Gasteiger charge is 2.61. The number of methoxy groups -OCH3 is 2. The average molecular weight is 744 g/mol. The van der Waals surface area contributed by atoms with Crippen LogP contribution in [0, 0.1) is 13.8 Å². The van der Waals surface area contributed by atoms with Gasteiger partial charge in [-0.1, -0.05) is 30.3 Å². The number of esters is 3. The Morgan fingerprint density at radius 2 is 1.49 bits per heavy atom. The van der Waals surface area contributed by atoms with E-state index in [1.165, 1.54) is 13.8 Å². The van der Waals surface area contributed by atoms with Gasteiger partial charge in [-0.2, -0.15) is 0 Å². The highest BCUT2D eigenvalue weighted by Crippen LogP contribution is 2.40. The number of ether oxygens (including phenoxy) is 9. The largest absolute Gasteiger partial charge is 0.493 e. The second-order valence-electron chi connectivity index (χ2n) is 13.3. The number of aryl methyl sites for hydroxylation is 2. The first-order valence-electron chi connectivity index (χ1n) is 17.5. The van der Waals surface area contributed by atoms with Crippen molar-refractivity contribution in [3.63, 3.8) is 0 Å². The van der Waals surface area contributed by atoms with Crippen LogP contribution in [0.15, 0.2) is 42.5 Å². The Morgan fingerprint density at radius 3 is 2.11 bits per heavy atom. The van der Waals surface area contributed by atoms with Gasteiger partial charge in [0.1, 0.15) is 12.7 Å². The van der Waals surface area contributed by atoms with Gasteiger partial charge in [-0.3, -0.25) is 28.9 Å². The molecule has 2 aromatic carbocycles. The summed E-state index contributed by atoms with van der Waals surface area (Å²) in [5.74, 6) is -3.15. The molecule has 1 amide bonds. The van der Waals surface area contributed by atoms with E-state index in [1.54, 1.807) is 19.2 Å². The van der Waals surface area contributed by atoms with Crippen LogP contribution in [0.25, 0.3) is 0 Å². The van der Waals surface area contributed by atoms with Crippen molar-refractivity contribution in [2.75, 3.05) is 65.4 Å². The highest BCUT2D eigenvalue weighted by molar-refractivity contribution is 5.93. The van der Waals surface area contributed by atoms with Gasteiger partial charge in [-0.05, 0) is 37.1 Å². The molecule has 290 valence electrons. The van der Waals surface area contributed by atoms with Crippen molar-refractivity contribution in [2.45, 2.75) is 77.4 Å². The van der Waals surface area contributed by atoms with Crippen molar-refractivity contribution in [2.24, 2.45) is 0 Å². The topological polar surface area (TPSA) is 170 Å². The number of nitrogens with zero attached hydrogens (tertiary/aromatic N) is 2. The van der Waals surface area contributed by atoms with Gasteiger partial charge in [0.2, 0.25) is 5.91 Å². The molecule has 3 aliphatic heterocycles. The smallest absolute Gasteiger partial charge is 0.339 e. The van der Waals surface area contributed by atoms with Crippen LogP contribution in [-0.2, 0) is 52.3 Å². The second kappa shape index (κ2) is 17.7. The maximum atomic E-state index is 13.0. The normalized spacial score (nSPS) is 26.5. The summed E-state index contributed by atoms with van der Waals surface area (Å²) in [5.41, 5.74) is 2.85. The van der Waals surface area contributed by atoms with E-state index in [-0.39, 0.29) is 19.1 Å². The summed E-state index contributed by atoms with van der Waals surface area (Å²) in [4.78, 5) is 54.2. The molecule has 0 aliphatic carbocycles. The molecular formula is C37H49N3O13. The van der Waals surface area contributed by atoms with Crippen molar-refractivity contribution >= 4 is 29.5 Å². The summed E-state index contributed by atoms with van der Waals surface area (Å²) in [6.45, 7) is 11.0. The molecule has 1 N–H and O–H groups in total. The molecule has 0 aromatic heterocycles. The van der Waals surface area contributed by atoms with Crippen LogP contribution in [0.4, 0.5) is 5.69 Å². The van der Waals surface area contributed by atoms with E-state index in [1.807, 2.05) is 44.2 Å². The summed E-state index contributed by atoms with van der Waals surface area (Å²) < 4.78 is 52.2. The van der Waals surface area contributed by atoms with Gasteiger partial charge in [0.25, 0.3) is 5.97 Å². The Balaban J connectivity index is 1.28. The monoisotopic (exact) mass is 743 g/mol. The first-order chi connectivity index (χ1) is 25.3. The first kappa shape index (κ1) is 39.9. The van der Waals surface area contributed by atoms with E-state index < -0.39 is 60.7 Å². The first-order valence-corrected chi connectivity index (χ1v) is 17.5. The maximum Gasteiger partial charge on any atom is 0.339 e. The maximum absolute atomic E-state index is 13.0. The lowest BCUT2D eigenvalue weighted by atomic mass is 9.98. The molecule has 0 bridgehead atoms. The summed E-state index contributed by atoms with van der Waals surface area (Å²) in [6, 6.07) is 13.1. The van der Waals surface area contributed by atoms with E-state index in [0.29, 0.717) is 44.2 Å². The molecule has 3 fully saturated rings.